The Bertz CT molecular complexity index is 381. The Hall–Kier alpha value is -1.55. The zero-order valence-corrected chi connectivity index (χ0v) is 10.6. The monoisotopic (exact) mass is 248 g/mol. The Morgan fingerprint density at radius 1 is 1.22 bits per heavy atom. The SMILES string of the molecule is Nc1ccc(CCC(=O)N2CCCOCC2)cc1. The number of carbonyl (C=O) groups excluding carboxylic acids is 1. The summed E-state index contributed by atoms with van der Waals surface area (Å²) in [5, 5.41) is 0. The third kappa shape index (κ3) is 3.74. The molecule has 1 saturated heterocycles. The first kappa shape index (κ1) is 12.9. The Morgan fingerprint density at radius 3 is 2.78 bits per heavy atom. The molecule has 1 aliphatic heterocycles. The molecule has 0 bridgehead atoms. The second kappa shape index (κ2) is 6.40. The highest BCUT2D eigenvalue weighted by atomic mass is 16.5. The summed E-state index contributed by atoms with van der Waals surface area (Å²) in [6.07, 6.45) is 2.27. The number of hydrogen-bond donors (Lipinski definition) is 1. The molecule has 0 unspecified atom stereocenters. The van der Waals surface area contributed by atoms with Crippen LogP contribution < -0.4 is 5.73 Å². The summed E-state index contributed by atoms with van der Waals surface area (Å²) < 4.78 is 5.34. The van der Waals surface area contributed by atoms with E-state index in [-0.39, 0.29) is 5.91 Å². The molecular weight excluding hydrogens is 228 g/mol. The molecular formula is C14H20N2O2. The molecule has 1 aromatic carbocycles. The minimum atomic E-state index is 0.220. The van der Waals surface area contributed by atoms with E-state index in [1.807, 2.05) is 29.2 Å². The number of nitrogen functional groups attached to an aromatic ring is 1. The van der Waals surface area contributed by atoms with Gasteiger partial charge in [0.15, 0.2) is 0 Å². The molecule has 0 saturated carbocycles. The molecule has 98 valence electrons. The predicted octanol–water partition coefficient (Wildman–Crippen LogP) is 1.45. The first-order valence-electron chi connectivity index (χ1n) is 6.45. The average Bonchev–Trinajstić information content (AvgIpc) is 2.66. The van der Waals surface area contributed by atoms with Crippen LogP contribution in [-0.2, 0) is 16.0 Å². The number of nitrogens with two attached hydrogens (primary N) is 1. The Kier molecular flexibility index (Phi) is 4.59. The van der Waals surface area contributed by atoms with Gasteiger partial charge in [-0.25, -0.2) is 0 Å². The molecule has 2 N–H and O–H groups in total. The number of rotatable bonds is 3. The highest BCUT2D eigenvalue weighted by Gasteiger charge is 2.15. The fourth-order valence-electron chi connectivity index (χ4n) is 2.09. The lowest BCUT2D eigenvalue weighted by atomic mass is 10.1. The smallest absolute Gasteiger partial charge is 0.222 e. The summed E-state index contributed by atoms with van der Waals surface area (Å²) in [4.78, 5) is 13.9. The lowest BCUT2D eigenvalue weighted by Gasteiger charge is -2.19. The van der Waals surface area contributed by atoms with Crippen LogP contribution in [0.5, 0.6) is 0 Å². The first-order chi connectivity index (χ1) is 8.75. The minimum Gasteiger partial charge on any atom is -0.399 e. The van der Waals surface area contributed by atoms with Crippen molar-refractivity contribution in [3.63, 3.8) is 0 Å². The van der Waals surface area contributed by atoms with Gasteiger partial charge in [-0.15, -0.1) is 0 Å². The fraction of sp³-hybridized carbons (Fsp3) is 0.500. The standard InChI is InChI=1S/C14H20N2O2/c15-13-5-2-12(3-6-13)4-7-14(17)16-8-1-10-18-11-9-16/h2-3,5-6H,1,4,7-11,15H2. The fourth-order valence-corrected chi connectivity index (χ4v) is 2.09. The van der Waals surface area contributed by atoms with Gasteiger partial charge >= 0.3 is 0 Å². The van der Waals surface area contributed by atoms with Gasteiger partial charge in [0.1, 0.15) is 0 Å². The molecule has 0 aliphatic carbocycles. The quantitative estimate of drug-likeness (QED) is 0.824. The molecule has 1 aliphatic rings. The number of amides is 1. The number of aryl methyl sites for hydroxylation is 1. The molecule has 1 aromatic rings. The molecule has 18 heavy (non-hydrogen) atoms. The third-order valence-corrected chi connectivity index (χ3v) is 3.18. The van der Waals surface area contributed by atoms with Crippen LogP contribution in [0.15, 0.2) is 24.3 Å². The summed E-state index contributed by atoms with van der Waals surface area (Å²) >= 11 is 0. The summed E-state index contributed by atoms with van der Waals surface area (Å²) in [6.45, 7) is 2.97. The molecule has 1 heterocycles. The minimum absolute atomic E-state index is 0.220. The maximum absolute atomic E-state index is 12.0. The van der Waals surface area contributed by atoms with Crippen LogP contribution >= 0.6 is 0 Å². The van der Waals surface area contributed by atoms with E-state index in [2.05, 4.69) is 0 Å². The maximum Gasteiger partial charge on any atom is 0.222 e. The lowest BCUT2D eigenvalue weighted by molar-refractivity contribution is -0.131. The topological polar surface area (TPSA) is 55.6 Å². The first-order valence-corrected chi connectivity index (χ1v) is 6.45. The largest absolute Gasteiger partial charge is 0.399 e. The van der Waals surface area contributed by atoms with Crippen molar-refractivity contribution in [2.75, 3.05) is 32.0 Å². The maximum atomic E-state index is 12.0. The van der Waals surface area contributed by atoms with Crippen molar-refractivity contribution in [3.8, 4) is 0 Å². The van der Waals surface area contributed by atoms with Crippen molar-refractivity contribution in [3.05, 3.63) is 29.8 Å². The molecule has 1 amide bonds. The highest BCUT2D eigenvalue weighted by Crippen LogP contribution is 2.09. The van der Waals surface area contributed by atoms with Crippen molar-refractivity contribution in [1.82, 2.24) is 4.90 Å². The summed E-state index contributed by atoms with van der Waals surface area (Å²) in [5.74, 6) is 0.220. The van der Waals surface area contributed by atoms with Crippen LogP contribution in [0.25, 0.3) is 0 Å². The third-order valence-electron chi connectivity index (χ3n) is 3.18. The van der Waals surface area contributed by atoms with Crippen LogP contribution in [0.2, 0.25) is 0 Å². The molecule has 0 spiro atoms. The van der Waals surface area contributed by atoms with Crippen molar-refractivity contribution < 1.29 is 9.53 Å². The van der Waals surface area contributed by atoms with Crippen molar-refractivity contribution in [1.29, 1.82) is 0 Å². The van der Waals surface area contributed by atoms with Gasteiger partial charge < -0.3 is 15.4 Å². The van der Waals surface area contributed by atoms with E-state index in [4.69, 9.17) is 10.5 Å². The Balaban J connectivity index is 1.81. The van der Waals surface area contributed by atoms with Crippen LogP contribution in [0.4, 0.5) is 5.69 Å². The van der Waals surface area contributed by atoms with E-state index in [9.17, 15) is 4.79 Å². The van der Waals surface area contributed by atoms with E-state index in [0.29, 0.717) is 13.0 Å². The molecule has 4 nitrogen and oxygen atoms in total. The van der Waals surface area contributed by atoms with Crippen molar-refractivity contribution in [2.45, 2.75) is 19.3 Å². The Labute approximate surface area is 108 Å². The van der Waals surface area contributed by atoms with Gasteiger partial charge in [-0.05, 0) is 30.5 Å². The highest BCUT2D eigenvalue weighted by molar-refractivity contribution is 5.76. The van der Waals surface area contributed by atoms with Crippen molar-refractivity contribution in [2.24, 2.45) is 0 Å². The van der Waals surface area contributed by atoms with Gasteiger partial charge in [0.25, 0.3) is 0 Å². The second-order valence-corrected chi connectivity index (χ2v) is 4.59. The zero-order valence-electron chi connectivity index (χ0n) is 10.6. The molecule has 1 fully saturated rings. The van der Waals surface area contributed by atoms with Gasteiger partial charge in [0, 0.05) is 31.8 Å². The van der Waals surface area contributed by atoms with E-state index in [1.165, 1.54) is 0 Å². The number of hydrogen-bond acceptors (Lipinski definition) is 3. The van der Waals surface area contributed by atoms with Gasteiger partial charge in [-0.3, -0.25) is 4.79 Å². The zero-order chi connectivity index (χ0) is 12.8. The van der Waals surface area contributed by atoms with Gasteiger partial charge in [-0.2, -0.15) is 0 Å². The van der Waals surface area contributed by atoms with Crippen LogP contribution in [0, 0.1) is 0 Å². The van der Waals surface area contributed by atoms with Crippen molar-refractivity contribution >= 4 is 11.6 Å². The summed E-state index contributed by atoms with van der Waals surface area (Å²) in [6, 6.07) is 7.71. The van der Waals surface area contributed by atoms with E-state index in [1.54, 1.807) is 0 Å². The summed E-state index contributed by atoms with van der Waals surface area (Å²) in [7, 11) is 0. The number of anilines is 1. The molecule has 0 radical (unpaired) electrons. The van der Waals surface area contributed by atoms with E-state index in [0.717, 1.165) is 43.8 Å². The predicted molar refractivity (Wildman–Crippen MR) is 71.2 cm³/mol. The number of nitrogens with zero attached hydrogens (tertiary/aromatic N) is 1. The Morgan fingerprint density at radius 2 is 2.00 bits per heavy atom. The van der Waals surface area contributed by atoms with Crippen LogP contribution in [0.1, 0.15) is 18.4 Å². The average molecular weight is 248 g/mol. The molecule has 0 aromatic heterocycles. The molecule has 2 rings (SSSR count). The number of carbonyl (C=O) groups is 1. The van der Waals surface area contributed by atoms with Crippen LogP contribution in [-0.4, -0.2) is 37.1 Å². The normalized spacial score (nSPS) is 16.3. The lowest BCUT2D eigenvalue weighted by Crippen LogP contribution is -2.33. The van der Waals surface area contributed by atoms with Gasteiger partial charge in [-0.1, -0.05) is 12.1 Å². The number of benzene rings is 1. The molecule has 0 atom stereocenters. The van der Waals surface area contributed by atoms with Gasteiger partial charge in [0.05, 0.1) is 6.61 Å². The molecule has 4 heteroatoms. The summed E-state index contributed by atoms with van der Waals surface area (Å²) in [5.41, 5.74) is 7.54. The van der Waals surface area contributed by atoms with E-state index < -0.39 is 0 Å². The van der Waals surface area contributed by atoms with E-state index >= 15 is 0 Å². The van der Waals surface area contributed by atoms with Crippen LogP contribution in [0.3, 0.4) is 0 Å². The number of ether oxygens (including phenoxy) is 1. The van der Waals surface area contributed by atoms with Gasteiger partial charge in [0.2, 0.25) is 5.91 Å². The second-order valence-electron chi connectivity index (χ2n) is 4.59.